The van der Waals surface area contributed by atoms with Gasteiger partial charge in [-0.05, 0) is 42.5 Å². The third-order valence-electron chi connectivity index (χ3n) is 5.62. The summed E-state index contributed by atoms with van der Waals surface area (Å²) in [5.74, 6) is 0.708. The third-order valence-corrected chi connectivity index (χ3v) is 5.62. The van der Waals surface area contributed by atoms with Crippen molar-refractivity contribution in [2.24, 2.45) is 0 Å². The number of nitrogens with two attached hydrogens (primary N) is 1. The van der Waals surface area contributed by atoms with Gasteiger partial charge < -0.3 is 10.5 Å². The largest absolute Gasteiger partial charge is 0.497 e. The molecule has 7 nitrogen and oxygen atoms in total. The highest BCUT2D eigenvalue weighted by Gasteiger charge is 2.33. The summed E-state index contributed by atoms with van der Waals surface area (Å²) in [7, 11) is 1.32. The molecule has 0 spiro atoms. The average Bonchev–Trinajstić information content (AvgIpc) is 2.89. The Morgan fingerprint density at radius 1 is 0.861 bits per heavy atom. The van der Waals surface area contributed by atoms with Crippen LogP contribution in [-0.2, 0) is 6.18 Å². The number of nitrogens with zero attached hydrogens (tertiary/aromatic N) is 5. The lowest BCUT2D eigenvalue weighted by molar-refractivity contribution is -0.137. The van der Waals surface area contributed by atoms with Crippen LogP contribution in [-0.4, -0.2) is 27.0 Å². The number of alkyl halides is 3. The van der Waals surface area contributed by atoms with Gasteiger partial charge in [0.2, 0.25) is 0 Å². The number of nitrogen functional groups attached to an aromatic ring is 1. The molecule has 0 aliphatic carbocycles. The molecule has 0 saturated carbocycles. The summed E-state index contributed by atoms with van der Waals surface area (Å²) >= 11 is 0. The number of benzene rings is 2. The van der Waals surface area contributed by atoms with E-state index in [1.807, 2.05) is 0 Å². The van der Waals surface area contributed by atoms with E-state index in [2.05, 4.69) is 19.9 Å². The van der Waals surface area contributed by atoms with Crippen LogP contribution in [0.5, 0.6) is 5.75 Å². The van der Waals surface area contributed by atoms with E-state index in [0.717, 1.165) is 12.1 Å². The van der Waals surface area contributed by atoms with Crippen LogP contribution < -0.4 is 15.4 Å². The number of hydrogen-bond donors (Lipinski definition) is 1. The van der Waals surface area contributed by atoms with Crippen LogP contribution in [0.15, 0.2) is 85.6 Å². The summed E-state index contributed by atoms with van der Waals surface area (Å²) in [6, 6.07) is 15.9. The molecule has 0 bridgehead atoms. The SMILES string of the molecule is COc1cc(N(c2ncccc2-c2ccncn2)c2cccc3c(N)nccc23)cc(C(F)(F)F)c1. The summed E-state index contributed by atoms with van der Waals surface area (Å²) < 4.78 is 46.9. The van der Waals surface area contributed by atoms with Gasteiger partial charge in [-0.1, -0.05) is 12.1 Å². The number of halogens is 3. The number of aromatic nitrogens is 4. The molecule has 5 aromatic rings. The predicted octanol–water partition coefficient (Wildman–Crippen LogP) is 6.17. The molecule has 180 valence electrons. The van der Waals surface area contributed by atoms with Crippen molar-refractivity contribution in [3.8, 4) is 17.0 Å². The molecule has 0 unspecified atom stereocenters. The fraction of sp³-hybridized carbons (Fsp3) is 0.0769. The van der Waals surface area contributed by atoms with Crippen molar-refractivity contribution in [1.29, 1.82) is 0 Å². The van der Waals surface area contributed by atoms with Crippen LogP contribution in [0.4, 0.5) is 36.2 Å². The zero-order valence-corrected chi connectivity index (χ0v) is 18.9. The number of rotatable bonds is 5. The van der Waals surface area contributed by atoms with Crippen LogP contribution in [0.3, 0.4) is 0 Å². The number of methoxy groups -OCH3 is 1. The lowest BCUT2D eigenvalue weighted by Gasteiger charge is -2.28. The molecule has 36 heavy (non-hydrogen) atoms. The summed E-state index contributed by atoms with van der Waals surface area (Å²) in [4.78, 5) is 18.7. The highest BCUT2D eigenvalue weighted by atomic mass is 19.4. The zero-order valence-electron chi connectivity index (χ0n) is 18.9. The minimum atomic E-state index is -4.60. The molecule has 0 amide bonds. The molecule has 0 fully saturated rings. The summed E-state index contributed by atoms with van der Waals surface area (Å²) in [6.07, 6.45) is 1.51. The summed E-state index contributed by atoms with van der Waals surface area (Å²) in [5, 5.41) is 1.33. The topological polar surface area (TPSA) is 90.0 Å². The fourth-order valence-electron chi connectivity index (χ4n) is 4.00. The molecule has 2 N–H and O–H groups in total. The quantitative estimate of drug-likeness (QED) is 0.317. The number of fused-ring (bicyclic) bond motifs is 1. The maximum Gasteiger partial charge on any atom is 0.416 e. The Hall–Kier alpha value is -4.73. The molecule has 0 aliphatic heterocycles. The number of pyridine rings is 2. The van der Waals surface area contributed by atoms with Crippen molar-refractivity contribution < 1.29 is 17.9 Å². The Morgan fingerprint density at radius 3 is 2.47 bits per heavy atom. The van der Waals surface area contributed by atoms with Gasteiger partial charge in [0.25, 0.3) is 0 Å². The maximum atomic E-state index is 13.9. The Labute approximate surface area is 204 Å². The second-order valence-corrected chi connectivity index (χ2v) is 7.79. The first-order valence-corrected chi connectivity index (χ1v) is 10.8. The van der Waals surface area contributed by atoms with Crippen molar-refractivity contribution in [2.75, 3.05) is 17.7 Å². The van der Waals surface area contributed by atoms with Gasteiger partial charge >= 0.3 is 6.18 Å². The van der Waals surface area contributed by atoms with E-state index in [1.54, 1.807) is 66.0 Å². The molecular formula is C26H19F3N6O. The van der Waals surface area contributed by atoms with Crippen molar-refractivity contribution in [2.45, 2.75) is 6.18 Å². The van der Waals surface area contributed by atoms with Crippen LogP contribution in [0, 0.1) is 0 Å². The van der Waals surface area contributed by atoms with E-state index < -0.39 is 11.7 Å². The minimum Gasteiger partial charge on any atom is -0.497 e. The van der Waals surface area contributed by atoms with E-state index in [1.165, 1.54) is 19.5 Å². The first-order chi connectivity index (χ1) is 17.4. The molecule has 0 atom stereocenters. The van der Waals surface area contributed by atoms with Gasteiger partial charge in [-0.15, -0.1) is 0 Å². The number of anilines is 4. The molecule has 0 radical (unpaired) electrons. The Kier molecular flexibility index (Phi) is 5.85. The van der Waals surface area contributed by atoms with Gasteiger partial charge in [-0.2, -0.15) is 13.2 Å². The monoisotopic (exact) mass is 488 g/mol. The van der Waals surface area contributed by atoms with Crippen LogP contribution in [0.1, 0.15) is 5.56 Å². The predicted molar refractivity (Wildman–Crippen MR) is 131 cm³/mol. The molecule has 0 aliphatic rings. The van der Waals surface area contributed by atoms with Gasteiger partial charge in [-0.25, -0.2) is 19.9 Å². The first-order valence-electron chi connectivity index (χ1n) is 10.8. The molecule has 2 aromatic carbocycles. The van der Waals surface area contributed by atoms with Crippen LogP contribution in [0.25, 0.3) is 22.0 Å². The van der Waals surface area contributed by atoms with Crippen LogP contribution in [0.2, 0.25) is 0 Å². The van der Waals surface area contributed by atoms with E-state index in [0.29, 0.717) is 39.4 Å². The molecule has 5 rings (SSSR count). The number of ether oxygens (including phenoxy) is 1. The second-order valence-electron chi connectivity index (χ2n) is 7.79. The third kappa shape index (κ3) is 4.24. The van der Waals surface area contributed by atoms with Gasteiger partial charge in [0, 0.05) is 41.0 Å². The normalized spacial score (nSPS) is 11.4. The Morgan fingerprint density at radius 2 is 1.72 bits per heavy atom. The maximum absolute atomic E-state index is 13.9. The van der Waals surface area contributed by atoms with E-state index in [-0.39, 0.29) is 11.4 Å². The van der Waals surface area contributed by atoms with Crippen molar-refractivity contribution in [3.05, 3.63) is 91.1 Å². The highest BCUT2D eigenvalue weighted by Crippen LogP contribution is 2.44. The van der Waals surface area contributed by atoms with Gasteiger partial charge in [0.15, 0.2) is 0 Å². The van der Waals surface area contributed by atoms with Crippen molar-refractivity contribution >= 4 is 33.8 Å². The standard InChI is InChI=1S/C26H19F3N6O/c1-36-18-13-16(26(27,28)29)12-17(14-18)35(23-6-2-4-20-19(23)7-11-32-24(20)30)25-21(5-3-9-33-25)22-8-10-31-15-34-22/h2-15H,1H3,(H2,30,32). The van der Waals surface area contributed by atoms with E-state index >= 15 is 0 Å². The number of hydrogen-bond acceptors (Lipinski definition) is 7. The summed E-state index contributed by atoms with van der Waals surface area (Å²) in [5.41, 5.74) is 7.15. The molecule has 3 heterocycles. The second kappa shape index (κ2) is 9.14. The van der Waals surface area contributed by atoms with Gasteiger partial charge in [0.1, 0.15) is 23.7 Å². The summed E-state index contributed by atoms with van der Waals surface area (Å²) in [6.45, 7) is 0. The zero-order chi connectivity index (χ0) is 25.3. The molecular weight excluding hydrogens is 469 g/mol. The fourth-order valence-corrected chi connectivity index (χ4v) is 4.00. The van der Waals surface area contributed by atoms with Crippen molar-refractivity contribution in [3.63, 3.8) is 0 Å². The van der Waals surface area contributed by atoms with Crippen molar-refractivity contribution in [1.82, 2.24) is 19.9 Å². The Balaban J connectivity index is 1.86. The van der Waals surface area contributed by atoms with E-state index in [4.69, 9.17) is 10.5 Å². The minimum absolute atomic E-state index is 0.0470. The Bertz CT molecular complexity index is 1540. The molecule has 0 saturated heterocycles. The lowest BCUT2D eigenvalue weighted by Crippen LogP contribution is -2.15. The van der Waals surface area contributed by atoms with E-state index in [9.17, 15) is 13.2 Å². The molecule has 3 aromatic heterocycles. The average molecular weight is 488 g/mol. The lowest BCUT2D eigenvalue weighted by atomic mass is 10.1. The van der Waals surface area contributed by atoms with Gasteiger partial charge in [0.05, 0.1) is 29.7 Å². The van der Waals surface area contributed by atoms with Crippen LogP contribution >= 0.6 is 0 Å². The highest BCUT2D eigenvalue weighted by molar-refractivity contribution is 6.03. The smallest absolute Gasteiger partial charge is 0.416 e. The van der Waals surface area contributed by atoms with Gasteiger partial charge in [-0.3, -0.25) is 4.90 Å². The molecule has 10 heteroatoms. The first kappa shape index (κ1) is 23.0.